The zero-order valence-corrected chi connectivity index (χ0v) is 6.44. The third kappa shape index (κ3) is 2.16. The second-order valence-corrected chi connectivity index (χ2v) is 2.23. The lowest BCUT2D eigenvalue weighted by molar-refractivity contribution is 0.223. The minimum absolute atomic E-state index is 0.568. The van der Waals surface area contributed by atoms with Gasteiger partial charge in [-0.2, -0.15) is 0 Å². The Labute approximate surface area is 66.2 Å². The van der Waals surface area contributed by atoms with Gasteiger partial charge in [-0.25, -0.2) is 0 Å². The topological polar surface area (TPSA) is 33.1 Å². The van der Waals surface area contributed by atoms with E-state index in [-0.39, 0.29) is 0 Å². The predicted molar refractivity (Wildman–Crippen MR) is 44.0 cm³/mol. The fourth-order valence-electron chi connectivity index (χ4n) is 0.832. The maximum absolute atomic E-state index is 9.37. The molecule has 58 valence electrons. The van der Waals surface area contributed by atoms with Gasteiger partial charge in [0.25, 0.3) is 0 Å². The van der Waals surface area contributed by atoms with Crippen LogP contribution in [0.1, 0.15) is 18.7 Å². The quantitative estimate of drug-likeness (QED) is 0.649. The summed E-state index contributed by atoms with van der Waals surface area (Å²) in [5.41, 5.74) is 0.686. The Bertz CT molecular complexity index is 231. The van der Waals surface area contributed by atoms with Crippen LogP contribution >= 0.6 is 0 Å². The largest absolute Gasteiger partial charge is 0.383 e. The molecule has 0 aromatic carbocycles. The lowest BCUT2D eigenvalue weighted by Gasteiger charge is -2.02. The average molecular weight is 149 g/mol. The molecule has 0 bridgehead atoms. The van der Waals surface area contributed by atoms with E-state index in [4.69, 9.17) is 0 Å². The SMILES string of the molecule is C/C=C/[C@H](O)c1ccccn1. The zero-order valence-electron chi connectivity index (χ0n) is 6.44. The number of rotatable bonds is 2. The summed E-state index contributed by atoms with van der Waals surface area (Å²) >= 11 is 0. The van der Waals surface area contributed by atoms with Crippen LogP contribution in [0, 0.1) is 0 Å². The third-order valence-corrected chi connectivity index (χ3v) is 1.37. The van der Waals surface area contributed by atoms with Crippen molar-refractivity contribution in [3.8, 4) is 0 Å². The first-order valence-electron chi connectivity index (χ1n) is 3.56. The molecule has 2 heteroatoms. The molecule has 0 radical (unpaired) electrons. The summed E-state index contributed by atoms with van der Waals surface area (Å²) in [7, 11) is 0. The molecule has 0 aliphatic carbocycles. The maximum atomic E-state index is 9.37. The van der Waals surface area contributed by atoms with E-state index in [9.17, 15) is 5.11 Å². The van der Waals surface area contributed by atoms with Crippen molar-refractivity contribution in [1.82, 2.24) is 4.98 Å². The van der Waals surface area contributed by atoms with E-state index in [2.05, 4.69) is 4.98 Å². The van der Waals surface area contributed by atoms with Gasteiger partial charge in [-0.3, -0.25) is 4.98 Å². The highest BCUT2D eigenvalue weighted by Gasteiger charge is 2.00. The molecule has 0 aliphatic rings. The molecule has 0 amide bonds. The van der Waals surface area contributed by atoms with Crippen LogP contribution in [0.15, 0.2) is 36.5 Å². The fourth-order valence-corrected chi connectivity index (χ4v) is 0.832. The smallest absolute Gasteiger partial charge is 0.114 e. The van der Waals surface area contributed by atoms with Gasteiger partial charge in [-0.1, -0.05) is 18.2 Å². The number of aliphatic hydroxyl groups excluding tert-OH is 1. The highest BCUT2D eigenvalue weighted by Crippen LogP contribution is 2.09. The molecule has 0 fully saturated rings. The minimum Gasteiger partial charge on any atom is -0.383 e. The summed E-state index contributed by atoms with van der Waals surface area (Å²) in [5.74, 6) is 0. The lowest BCUT2D eigenvalue weighted by atomic mass is 10.2. The van der Waals surface area contributed by atoms with Gasteiger partial charge in [0.05, 0.1) is 5.69 Å². The van der Waals surface area contributed by atoms with Crippen LogP contribution in [0.2, 0.25) is 0 Å². The molecular weight excluding hydrogens is 138 g/mol. The van der Waals surface area contributed by atoms with Crippen LogP contribution in [0.3, 0.4) is 0 Å². The molecular formula is C9H11NO. The average Bonchev–Trinajstić information content (AvgIpc) is 2.07. The van der Waals surface area contributed by atoms with Gasteiger partial charge in [-0.15, -0.1) is 0 Å². The van der Waals surface area contributed by atoms with Gasteiger partial charge in [0.2, 0.25) is 0 Å². The van der Waals surface area contributed by atoms with Gasteiger partial charge in [0.15, 0.2) is 0 Å². The standard InChI is InChI=1S/C9H11NO/c1-2-5-9(11)8-6-3-4-7-10-8/h2-7,9,11H,1H3/b5-2+/t9-/m0/s1. The Morgan fingerprint density at radius 3 is 2.91 bits per heavy atom. The predicted octanol–water partition coefficient (Wildman–Crippen LogP) is 1.69. The highest BCUT2D eigenvalue weighted by molar-refractivity contribution is 5.11. The van der Waals surface area contributed by atoms with Gasteiger partial charge < -0.3 is 5.11 Å². The summed E-state index contributed by atoms with van der Waals surface area (Å²) in [5, 5.41) is 9.37. The summed E-state index contributed by atoms with van der Waals surface area (Å²) in [4.78, 5) is 4.00. The highest BCUT2D eigenvalue weighted by atomic mass is 16.3. The number of hydrogen-bond donors (Lipinski definition) is 1. The number of nitrogens with zero attached hydrogens (tertiary/aromatic N) is 1. The van der Waals surface area contributed by atoms with Crippen molar-refractivity contribution < 1.29 is 5.11 Å². The Morgan fingerprint density at radius 2 is 2.36 bits per heavy atom. The number of aromatic nitrogens is 1. The van der Waals surface area contributed by atoms with Crippen LogP contribution in [-0.4, -0.2) is 10.1 Å². The maximum Gasteiger partial charge on any atom is 0.114 e. The van der Waals surface area contributed by atoms with Gasteiger partial charge in [0.1, 0.15) is 6.10 Å². The first-order chi connectivity index (χ1) is 5.34. The molecule has 1 rings (SSSR count). The first kappa shape index (κ1) is 7.95. The summed E-state index contributed by atoms with van der Waals surface area (Å²) < 4.78 is 0. The van der Waals surface area contributed by atoms with Crippen LogP contribution < -0.4 is 0 Å². The van der Waals surface area contributed by atoms with Crippen LogP contribution in [0.4, 0.5) is 0 Å². The van der Waals surface area contributed by atoms with Crippen LogP contribution in [0.25, 0.3) is 0 Å². The van der Waals surface area contributed by atoms with Gasteiger partial charge in [-0.05, 0) is 19.1 Å². The lowest BCUT2D eigenvalue weighted by Crippen LogP contribution is -1.94. The van der Waals surface area contributed by atoms with Crippen molar-refractivity contribution in [1.29, 1.82) is 0 Å². The number of hydrogen-bond acceptors (Lipinski definition) is 2. The molecule has 0 spiro atoms. The monoisotopic (exact) mass is 149 g/mol. The summed E-state index contributed by atoms with van der Waals surface area (Å²) in [6.45, 7) is 1.87. The van der Waals surface area contributed by atoms with Crippen molar-refractivity contribution in [2.45, 2.75) is 13.0 Å². The van der Waals surface area contributed by atoms with E-state index >= 15 is 0 Å². The molecule has 0 saturated carbocycles. The van der Waals surface area contributed by atoms with E-state index in [1.807, 2.05) is 19.1 Å². The van der Waals surface area contributed by atoms with Crippen molar-refractivity contribution in [2.75, 3.05) is 0 Å². The van der Waals surface area contributed by atoms with E-state index in [0.717, 1.165) is 0 Å². The van der Waals surface area contributed by atoms with Gasteiger partial charge >= 0.3 is 0 Å². The second kappa shape index (κ2) is 3.88. The van der Waals surface area contributed by atoms with E-state index in [1.165, 1.54) is 0 Å². The van der Waals surface area contributed by atoms with Crippen molar-refractivity contribution in [3.05, 3.63) is 42.2 Å². The Balaban J connectivity index is 2.76. The Morgan fingerprint density at radius 1 is 1.55 bits per heavy atom. The van der Waals surface area contributed by atoms with Gasteiger partial charge in [0, 0.05) is 6.20 Å². The molecule has 0 aliphatic heterocycles. The molecule has 0 saturated heterocycles. The first-order valence-corrected chi connectivity index (χ1v) is 3.56. The number of allylic oxidation sites excluding steroid dienone is 1. The van der Waals surface area contributed by atoms with Crippen molar-refractivity contribution >= 4 is 0 Å². The minimum atomic E-state index is -0.568. The number of aliphatic hydroxyl groups is 1. The molecule has 1 aromatic rings. The Kier molecular flexibility index (Phi) is 2.81. The van der Waals surface area contributed by atoms with Crippen molar-refractivity contribution in [2.24, 2.45) is 0 Å². The van der Waals surface area contributed by atoms with Crippen molar-refractivity contribution in [3.63, 3.8) is 0 Å². The molecule has 1 aromatic heterocycles. The molecule has 1 atom stereocenters. The Hall–Kier alpha value is -1.15. The molecule has 1 heterocycles. The van der Waals surface area contributed by atoms with Crippen LogP contribution in [-0.2, 0) is 0 Å². The van der Waals surface area contributed by atoms with E-state index in [1.54, 1.807) is 24.4 Å². The number of pyridine rings is 1. The normalized spacial score (nSPS) is 13.6. The second-order valence-electron chi connectivity index (χ2n) is 2.23. The molecule has 11 heavy (non-hydrogen) atoms. The molecule has 0 unspecified atom stereocenters. The van der Waals surface area contributed by atoms with E-state index < -0.39 is 6.10 Å². The molecule has 2 nitrogen and oxygen atoms in total. The zero-order chi connectivity index (χ0) is 8.10. The summed E-state index contributed by atoms with van der Waals surface area (Å²) in [6, 6.07) is 5.48. The third-order valence-electron chi connectivity index (χ3n) is 1.37. The summed E-state index contributed by atoms with van der Waals surface area (Å²) in [6.07, 6.45) is 4.60. The molecule has 1 N–H and O–H groups in total. The van der Waals surface area contributed by atoms with Crippen LogP contribution in [0.5, 0.6) is 0 Å². The fraction of sp³-hybridized carbons (Fsp3) is 0.222. The van der Waals surface area contributed by atoms with E-state index in [0.29, 0.717) is 5.69 Å².